The second-order valence-electron chi connectivity index (χ2n) is 5.48. The molecule has 1 aromatic heterocycles. The Labute approximate surface area is 155 Å². The number of ether oxygens (including phenoxy) is 1. The molecule has 0 aliphatic heterocycles. The minimum Gasteiger partial charge on any atom is -0.493 e. The van der Waals surface area contributed by atoms with E-state index in [1.54, 1.807) is 48.7 Å². The van der Waals surface area contributed by atoms with Crippen molar-refractivity contribution in [3.8, 4) is 5.75 Å². The average Bonchev–Trinajstić information content (AvgIpc) is 3.06. The summed E-state index contributed by atoms with van der Waals surface area (Å²) in [6, 6.07) is 13.1. The van der Waals surface area contributed by atoms with E-state index in [4.69, 9.17) is 16.3 Å². The van der Waals surface area contributed by atoms with Crippen molar-refractivity contribution in [3.63, 3.8) is 0 Å². The Kier molecular flexibility index (Phi) is 5.53. The number of nitrogens with zero attached hydrogens (tertiary/aromatic N) is 2. The molecular weight excluding hydrogens is 357 g/mol. The van der Waals surface area contributed by atoms with Crippen LogP contribution < -0.4 is 10.1 Å². The molecule has 1 N–H and O–H groups in total. The molecule has 26 heavy (non-hydrogen) atoms. The summed E-state index contributed by atoms with van der Waals surface area (Å²) in [5, 5.41) is 7.29. The van der Waals surface area contributed by atoms with Gasteiger partial charge in [-0.25, -0.2) is 4.39 Å². The number of hydrogen-bond donors (Lipinski definition) is 1. The van der Waals surface area contributed by atoms with Gasteiger partial charge in [0.15, 0.2) is 5.82 Å². The van der Waals surface area contributed by atoms with Crippen LogP contribution in [0.2, 0.25) is 5.02 Å². The van der Waals surface area contributed by atoms with E-state index in [1.165, 1.54) is 10.7 Å². The van der Waals surface area contributed by atoms with Crippen molar-refractivity contribution < 1.29 is 13.9 Å². The molecule has 3 aromatic rings. The molecule has 0 bridgehead atoms. The quantitative estimate of drug-likeness (QED) is 0.697. The maximum atomic E-state index is 13.9. The summed E-state index contributed by atoms with van der Waals surface area (Å²) in [5.74, 6) is 0.131. The molecule has 0 fully saturated rings. The predicted octanol–water partition coefficient (Wildman–Crippen LogP) is 4.37. The number of para-hydroxylation sites is 1. The zero-order valence-electron chi connectivity index (χ0n) is 14.1. The lowest BCUT2D eigenvalue weighted by Crippen LogP contribution is -2.14. The monoisotopic (exact) mass is 373 g/mol. The summed E-state index contributed by atoms with van der Waals surface area (Å²) in [6.45, 7) is 2.48. The van der Waals surface area contributed by atoms with Gasteiger partial charge >= 0.3 is 0 Å². The van der Waals surface area contributed by atoms with Crippen LogP contribution in [-0.4, -0.2) is 22.3 Å². The van der Waals surface area contributed by atoms with Gasteiger partial charge in [0.2, 0.25) is 0 Å². The van der Waals surface area contributed by atoms with E-state index in [1.807, 2.05) is 6.92 Å². The molecule has 7 heteroatoms. The highest BCUT2D eigenvalue weighted by Crippen LogP contribution is 2.21. The molecule has 0 saturated carbocycles. The molecule has 0 radical (unpaired) electrons. The van der Waals surface area contributed by atoms with Crippen molar-refractivity contribution in [1.82, 2.24) is 9.78 Å². The van der Waals surface area contributed by atoms with Crippen LogP contribution in [-0.2, 0) is 6.54 Å². The SMILES string of the molecule is CCOc1ccccc1C(=O)Nc1ccn(Cc2c(F)cccc2Cl)n1. The normalized spacial score (nSPS) is 10.6. The third-order valence-electron chi connectivity index (χ3n) is 3.70. The van der Waals surface area contributed by atoms with E-state index >= 15 is 0 Å². The number of carbonyl (C=O) groups excluding carboxylic acids is 1. The number of amides is 1. The van der Waals surface area contributed by atoms with Crippen molar-refractivity contribution in [2.45, 2.75) is 13.5 Å². The Hall–Kier alpha value is -2.86. The van der Waals surface area contributed by atoms with Gasteiger partial charge in [-0.3, -0.25) is 9.48 Å². The van der Waals surface area contributed by atoms with Crippen LogP contribution in [0.15, 0.2) is 54.7 Å². The fraction of sp³-hybridized carbons (Fsp3) is 0.158. The summed E-state index contributed by atoms with van der Waals surface area (Å²) in [4.78, 5) is 12.5. The van der Waals surface area contributed by atoms with Crippen molar-refractivity contribution in [1.29, 1.82) is 0 Å². The second-order valence-corrected chi connectivity index (χ2v) is 5.89. The van der Waals surface area contributed by atoms with Crippen LogP contribution in [0.1, 0.15) is 22.8 Å². The number of anilines is 1. The highest BCUT2D eigenvalue weighted by molar-refractivity contribution is 6.31. The molecular formula is C19H17ClFN3O2. The molecule has 1 heterocycles. The van der Waals surface area contributed by atoms with Gasteiger partial charge in [-0.1, -0.05) is 29.8 Å². The molecule has 0 saturated heterocycles. The summed E-state index contributed by atoms with van der Waals surface area (Å²) in [7, 11) is 0. The molecule has 0 aliphatic rings. The number of hydrogen-bond acceptors (Lipinski definition) is 3. The van der Waals surface area contributed by atoms with E-state index in [0.29, 0.717) is 34.3 Å². The molecule has 0 atom stereocenters. The van der Waals surface area contributed by atoms with Gasteiger partial charge in [-0.2, -0.15) is 5.10 Å². The van der Waals surface area contributed by atoms with Crippen LogP contribution in [0.4, 0.5) is 10.2 Å². The molecule has 0 aliphatic carbocycles. The van der Waals surface area contributed by atoms with Crippen molar-refractivity contribution in [2.75, 3.05) is 11.9 Å². The molecule has 0 unspecified atom stereocenters. The zero-order chi connectivity index (χ0) is 18.5. The first-order valence-corrected chi connectivity index (χ1v) is 8.45. The van der Waals surface area contributed by atoms with Crippen LogP contribution in [0.25, 0.3) is 0 Å². The van der Waals surface area contributed by atoms with Gasteiger partial charge in [0, 0.05) is 22.8 Å². The standard InChI is InChI=1S/C19H17ClFN3O2/c1-2-26-17-9-4-3-6-13(17)19(25)22-18-10-11-24(23-18)12-14-15(20)7-5-8-16(14)21/h3-11H,2,12H2,1H3,(H,22,23,25). The van der Waals surface area contributed by atoms with Crippen molar-refractivity contribution in [3.05, 3.63) is 76.7 Å². The topological polar surface area (TPSA) is 56.1 Å². The Balaban J connectivity index is 1.74. The van der Waals surface area contributed by atoms with E-state index in [9.17, 15) is 9.18 Å². The Bertz CT molecular complexity index is 906. The minimum absolute atomic E-state index is 0.164. The number of nitrogens with one attached hydrogen (secondary N) is 1. The van der Waals surface area contributed by atoms with Crippen LogP contribution in [0, 0.1) is 5.82 Å². The molecule has 134 valence electrons. The average molecular weight is 374 g/mol. The summed E-state index contributed by atoms with van der Waals surface area (Å²) in [6.07, 6.45) is 1.65. The molecule has 3 rings (SSSR count). The molecule has 0 spiro atoms. The van der Waals surface area contributed by atoms with E-state index in [0.717, 1.165) is 0 Å². The maximum Gasteiger partial charge on any atom is 0.260 e. The minimum atomic E-state index is -0.399. The number of carbonyl (C=O) groups is 1. The second kappa shape index (κ2) is 8.01. The number of aromatic nitrogens is 2. The molecule has 1 amide bonds. The Morgan fingerprint density at radius 3 is 2.81 bits per heavy atom. The highest BCUT2D eigenvalue weighted by atomic mass is 35.5. The van der Waals surface area contributed by atoms with Crippen molar-refractivity contribution >= 4 is 23.3 Å². The van der Waals surface area contributed by atoms with E-state index in [-0.39, 0.29) is 12.5 Å². The summed E-state index contributed by atoms with van der Waals surface area (Å²) < 4.78 is 20.9. The maximum absolute atomic E-state index is 13.9. The van der Waals surface area contributed by atoms with Gasteiger partial charge in [-0.15, -0.1) is 0 Å². The summed E-state index contributed by atoms with van der Waals surface area (Å²) >= 11 is 6.03. The number of benzene rings is 2. The predicted molar refractivity (Wildman–Crippen MR) is 98.3 cm³/mol. The lowest BCUT2D eigenvalue weighted by atomic mass is 10.2. The fourth-order valence-corrected chi connectivity index (χ4v) is 2.70. The van der Waals surface area contributed by atoms with Crippen LogP contribution in [0.5, 0.6) is 5.75 Å². The number of rotatable bonds is 6. The third-order valence-corrected chi connectivity index (χ3v) is 4.05. The first-order valence-electron chi connectivity index (χ1n) is 8.08. The van der Waals surface area contributed by atoms with Crippen LogP contribution >= 0.6 is 11.6 Å². The smallest absolute Gasteiger partial charge is 0.260 e. The van der Waals surface area contributed by atoms with E-state index in [2.05, 4.69) is 10.4 Å². The van der Waals surface area contributed by atoms with Gasteiger partial charge in [-0.05, 0) is 31.2 Å². The molecule has 2 aromatic carbocycles. The largest absolute Gasteiger partial charge is 0.493 e. The van der Waals surface area contributed by atoms with Crippen LogP contribution in [0.3, 0.4) is 0 Å². The number of halogens is 2. The first kappa shape index (κ1) is 17.9. The van der Waals surface area contributed by atoms with Gasteiger partial charge in [0.05, 0.1) is 18.7 Å². The van der Waals surface area contributed by atoms with E-state index < -0.39 is 5.82 Å². The lowest BCUT2D eigenvalue weighted by molar-refractivity contribution is 0.102. The fourth-order valence-electron chi connectivity index (χ4n) is 2.48. The third kappa shape index (κ3) is 4.03. The Morgan fingerprint density at radius 1 is 1.23 bits per heavy atom. The highest BCUT2D eigenvalue weighted by Gasteiger charge is 2.14. The van der Waals surface area contributed by atoms with Gasteiger partial charge in [0.25, 0.3) is 5.91 Å². The van der Waals surface area contributed by atoms with Gasteiger partial charge < -0.3 is 10.1 Å². The molecule has 5 nitrogen and oxygen atoms in total. The Morgan fingerprint density at radius 2 is 2.04 bits per heavy atom. The van der Waals surface area contributed by atoms with Gasteiger partial charge in [0.1, 0.15) is 11.6 Å². The zero-order valence-corrected chi connectivity index (χ0v) is 14.8. The summed E-state index contributed by atoms with van der Waals surface area (Å²) in [5.41, 5.74) is 0.762. The van der Waals surface area contributed by atoms with Crippen molar-refractivity contribution in [2.24, 2.45) is 0 Å². The first-order chi connectivity index (χ1) is 12.6. The lowest BCUT2D eigenvalue weighted by Gasteiger charge is -2.09.